The molecular weight excluding hydrogens is 314 g/mol. The summed E-state index contributed by atoms with van der Waals surface area (Å²) in [5.41, 5.74) is 4.08. The number of imidazole rings is 1. The van der Waals surface area contributed by atoms with Gasteiger partial charge in [0.2, 0.25) is 0 Å². The molecule has 5 rings (SSSR count). The Morgan fingerprint density at radius 3 is 2.71 bits per heavy atom. The van der Waals surface area contributed by atoms with Gasteiger partial charge in [0.15, 0.2) is 0 Å². The lowest BCUT2D eigenvalue weighted by molar-refractivity contribution is 0.794. The third-order valence-electron chi connectivity index (χ3n) is 4.54. The predicted molar refractivity (Wildman–Crippen MR) is 97.8 cm³/mol. The van der Waals surface area contributed by atoms with E-state index in [1.165, 1.54) is 16.3 Å². The lowest BCUT2D eigenvalue weighted by Gasteiger charge is -2.14. The number of fused-ring (bicyclic) bond motifs is 4. The van der Waals surface area contributed by atoms with Gasteiger partial charge in [0.25, 0.3) is 0 Å². The van der Waals surface area contributed by atoms with Crippen LogP contribution in [0.3, 0.4) is 0 Å². The third kappa shape index (κ3) is 1.95. The molecule has 1 aromatic heterocycles. The molecule has 4 aromatic rings. The fourth-order valence-corrected chi connectivity index (χ4v) is 4.66. The van der Waals surface area contributed by atoms with Crippen LogP contribution in [0.2, 0.25) is 0 Å². The molecule has 0 amide bonds. The average molecular weight is 327 g/mol. The summed E-state index contributed by atoms with van der Waals surface area (Å²) in [6.07, 6.45) is 0. The molecule has 0 radical (unpaired) electrons. The highest BCUT2D eigenvalue weighted by Crippen LogP contribution is 2.43. The van der Waals surface area contributed by atoms with E-state index in [-0.39, 0.29) is 5.37 Å². The SMILES string of the molecule is N#Cc1cccc(C2SCc3nc4cc5ccccc5cc4n32)c1. The number of aromatic nitrogens is 2. The van der Waals surface area contributed by atoms with Gasteiger partial charge in [-0.25, -0.2) is 4.98 Å². The van der Waals surface area contributed by atoms with Crippen LogP contribution in [0.4, 0.5) is 0 Å². The second-order valence-electron chi connectivity index (χ2n) is 5.99. The van der Waals surface area contributed by atoms with E-state index in [1.807, 2.05) is 30.0 Å². The first kappa shape index (κ1) is 13.6. The number of benzene rings is 3. The third-order valence-corrected chi connectivity index (χ3v) is 5.76. The highest BCUT2D eigenvalue weighted by Gasteiger charge is 2.28. The van der Waals surface area contributed by atoms with Crippen molar-refractivity contribution in [1.82, 2.24) is 9.55 Å². The fraction of sp³-hybridized carbons (Fsp3) is 0.100. The van der Waals surface area contributed by atoms with Gasteiger partial charge in [-0.05, 0) is 40.6 Å². The van der Waals surface area contributed by atoms with Crippen molar-refractivity contribution in [2.75, 3.05) is 0 Å². The first-order valence-corrected chi connectivity index (χ1v) is 8.90. The highest BCUT2D eigenvalue weighted by atomic mass is 32.2. The molecule has 0 bridgehead atoms. The van der Waals surface area contributed by atoms with E-state index < -0.39 is 0 Å². The zero-order chi connectivity index (χ0) is 16.1. The Labute approximate surface area is 143 Å². The molecule has 0 spiro atoms. The molecule has 1 unspecified atom stereocenters. The van der Waals surface area contributed by atoms with Crippen LogP contribution < -0.4 is 0 Å². The summed E-state index contributed by atoms with van der Waals surface area (Å²) in [5, 5.41) is 11.8. The van der Waals surface area contributed by atoms with Crippen LogP contribution in [0.25, 0.3) is 21.8 Å². The van der Waals surface area contributed by atoms with Crippen LogP contribution in [0.5, 0.6) is 0 Å². The van der Waals surface area contributed by atoms with Gasteiger partial charge in [-0.3, -0.25) is 0 Å². The molecule has 114 valence electrons. The molecule has 1 aliphatic rings. The Hall–Kier alpha value is -2.77. The molecule has 0 N–H and O–H groups in total. The smallest absolute Gasteiger partial charge is 0.121 e. The van der Waals surface area contributed by atoms with Gasteiger partial charge < -0.3 is 4.57 Å². The van der Waals surface area contributed by atoms with Crippen molar-refractivity contribution in [2.24, 2.45) is 0 Å². The van der Waals surface area contributed by atoms with Crippen LogP contribution in [0.1, 0.15) is 22.3 Å². The molecule has 3 aromatic carbocycles. The van der Waals surface area contributed by atoms with Gasteiger partial charge in [-0.15, -0.1) is 11.8 Å². The maximum Gasteiger partial charge on any atom is 0.121 e. The van der Waals surface area contributed by atoms with Gasteiger partial charge in [0, 0.05) is 0 Å². The molecule has 0 fully saturated rings. The average Bonchev–Trinajstić information content (AvgIpc) is 3.19. The maximum absolute atomic E-state index is 9.17. The van der Waals surface area contributed by atoms with E-state index in [1.54, 1.807) is 0 Å². The summed E-state index contributed by atoms with van der Waals surface area (Å²) in [6, 6.07) is 22.9. The lowest BCUT2D eigenvalue weighted by atomic mass is 10.1. The quantitative estimate of drug-likeness (QED) is 0.501. The molecule has 4 heteroatoms. The molecule has 1 aliphatic heterocycles. The van der Waals surface area contributed by atoms with Crippen molar-refractivity contribution in [3.05, 3.63) is 77.6 Å². The standard InChI is InChI=1S/C20H13N3S/c21-11-13-4-3-7-16(8-13)20-23-18-10-15-6-2-1-5-14(15)9-17(18)22-19(23)12-24-20/h1-10,20H,12H2. The zero-order valence-electron chi connectivity index (χ0n) is 12.8. The maximum atomic E-state index is 9.17. The number of thioether (sulfide) groups is 1. The van der Waals surface area contributed by atoms with E-state index >= 15 is 0 Å². The van der Waals surface area contributed by atoms with Crippen molar-refractivity contribution >= 4 is 33.6 Å². The minimum atomic E-state index is 0.180. The van der Waals surface area contributed by atoms with Crippen molar-refractivity contribution in [1.29, 1.82) is 5.26 Å². The van der Waals surface area contributed by atoms with Crippen molar-refractivity contribution in [3.8, 4) is 6.07 Å². The van der Waals surface area contributed by atoms with Crippen molar-refractivity contribution < 1.29 is 0 Å². The summed E-state index contributed by atoms with van der Waals surface area (Å²) < 4.78 is 2.32. The highest BCUT2D eigenvalue weighted by molar-refractivity contribution is 7.99. The lowest BCUT2D eigenvalue weighted by Crippen LogP contribution is -2.03. The van der Waals surface area contributed by atoms with E-state index in [0.29, 0.717) is 5.56 Å². The van der Waals surface area contributed by atoms with Crippen LogP contribution in [-0.2, 0) is 5.75 Å². The van der Waals surface area contributed by atoms with E-state index in [4.69, 9.17) is 4.98 Å². The summed E-state index contributed by atoms with van der Waals surface area (Å²) in [6.45, 7) is 0. The van der Waals surface area contributed by atoms with Gasteiger partial charge in [0.05, 0.1) is 28.4 Å². The summed E-state index contributed by atoms with van der Waals surface area (Å²) in [4.78, 5) is 4.84. The fourth-order valence-electron chi connectivity index (χ4n) is 3.43. The first-order valence-electron chi connectivity index (χ1n) is 7.85. The Morgan fingerprint density at radius 2 is 1.88 bits per heavy atom. The zero-order valence-corrected chi connectivity index (χ0v) is 13.6. The number of rotatable bonds is 1. The number of nitriles is 1. The first-order chi connectivity index (χ1) is 11.8. The topological polar surface area (TPSA) is 41.6 Å². The van der Waals surface area contributed by atoms with E-state index in [0.717, 1.165) is 22.7 Å². The molecule has 0 aliphatic carbocycles. The molecule has 0 saturated heterocycles. The molecule has 2 heterocycles. The molecule has 1 atom stereocenters. The van der Waals surface area contributed by atoms with Gasteiger partial charge in [-0.2, -0.15) is 5.26 Å². The Balaban J connectivity index is 1.74. The minimum Gasteiger partial charge on any atom is -0.310 e. The number of hydrogen-bond acceptors (Lipinski definition) is 3. The summed E-state index contributed by atoms with van der Waals surface area (Å²) in [5.74, 6) is 2.00. The molecular formula is C20H13N3S. The normalized spacial score (nSPS) is 16.4. The Kier molecular flexibility index (Phi) is 2.91. The largest absolute Gasteiger partial charge is 0.310 e. The Bertz CT molecular complexity index is 1140. The van der Waals surface area contributed by atoms with Gasteiger partial charge in [0.1, 0.15) is 11.2 Å². The van der Waals surface area contributed by atoms with Crippen LogP contribution in [0.15, 0.2) is 60.7 Å². The summed E-state index contributed by atoms with van der Waals surface area (Å²) >= 11 is 1.86. The molecule has 0 saturated carbocycles. The number of nitrogens with zero attached hydrogens (tertiary/aromatic N) is 3. The molecule has 3 nitrogen and oxygen atoms in total. The second kappa shape index (κ2) is 5.12. The predicted octanol–water partition coefficient (Wildman–Crippen LogP) is 4.85. The van der Waals surface area contributed by atoms with E-state index in [9.17, 15) is 5.26 Å². The molecule has 24 heavy (non-hydrogen) atoms. The van der Waals surface area contributed by atoms with Gasteiger partial charge in [-0.1, -0.05) is 36.4 Å². The monoisotopic (exact) mass is 327 g/mol. The van der Waals surface area contributed by atoms with Crippen molar-refractivity contribution in [2.45, 2.75) is 11.1 Å². The van der Waals surface area contributed by atoms with Crippen LogP contribution in [-0.4, -0.2) is 9.55 Å². The Morgan fingerprint density at radius 1 is 1.04 bits per heavy atom. The second-order valence-corrected chi connectivity index (χ2v) is 7.06. The van der Waals surface area contributed by atoms with E-state index in [2.05, 4.69) is 53.1 Å². The van der Waals surface area contributed by atoms with Crippen LogP contribution in [0, 0.1) is 11.3 Å². The number of hydrogen-bond donors (Lipinski definition) is 0. The minimum absolute atomic E-state index is 0.180. The van der Waals surface area contributed by atoms with Crippen molar-refractivity contribution in [3.63, 3.8) is 0 Å². The van der Waals surface area contributed by atoms with Crippen LogP contribution >= 0.6 is 11.8 Å². The summed E-state index contributed by atoms with van der Waals surface area (Å²) in [7, 11) is 0. The van der Waals surface area contributed by atoms with Gasteiger partial charge >= 0.3 is 0 Å².